The Kier molecular flexibility index (Phi) is 6.47. The van der Waals surface area contributed by atoms with Crippen molar-refractivity contribution < 1.29 is 14.7 Å². The zero-order valence-electron chi connectivity index (χ0n) is 20.2. The van der Waals surface area contributed by atoms with Crippen LogP contribution in [0.4, 0.5) is 17.5 Å². The molecular weight excluding hydrogens is 442 g/mol. The van der Waals surface area contributed by atoms with Crippen LogP contribution in [0.1, 0.15) is 51.5 Å². The van der Waals surface area contributed by atoms with E-state index in [-0.39, 0.29) is 5.54 Å². The number of carboxylic acid groups (broad SMARTS) is 1. The van der Waals surface area contributed by atoms with Crippen molar-refractivity contribution >= 4 is 29.3 Å². The van der Waals surface area contributed by atoms with Gasteiger partial charge in [-0.2, -0.15) is 4.98 Å². The zero-order valence-corrected chi connectivity index (χ0v) is 20.2. The zero-order chi connectivity index (χ0) is 25.2. The summed E-state index contributed by atoms with van der Waals surface area (Å²) in [6.07, 6.45) is 1.66. The Bertz CT molecular complexity index is 1220. The summed E-state index contributed by atoms with van der Waals surface area (Å²) in [4.78, 5) is 33.5. The van der Waals surface area contributed by atoms with Crippen molar-refractivity contribution in [2.24, 2.45) is 11.1 Å². The van der Waals surface area contributed by atoms with Crippen molar-refractivity contribution in [1.82, 2.24) is 9.97 Å². The van der Waals surface area contributed by atoms with Gasteiger partial charge in [0.2, 0.25) is 11.9 Å². The van der Waals surface area contributed by atoms with Crippen LogP contribution in [0, 0.1) is 5.41 Å². The molecule has 1 unspecified atom stereocenters. The number of anilines is 3. The highest BCUT2D eigenvalue weighted by Gasteiger charge is 2.53. The number of aliphatic carboxylic acids is 1. The molecule has 1 aliphatic rings. The minimum Gasteiger partial charge on any atom is -0.481 e. The van der Waals surface area contributed by atoms with Gasteiger partial charge in [-0.25, -0.2) is 4.98 Å². The van der Waals surface area contributed by atoms with Crippen LogP contribution >= 0.6 is 0 Å². The number of carbonyl (C=O) groups is 2. The number of rotatable bonds is 8. The van der Waals surface area contributed by atoms with E-state index in [2.05, 4.69) is 41.4 Å². The molecule has 0 saturated heterocycles. The number of amides is 1. The van der Waals surface area contributed by atoms with Gasteiger partial charge in [0.15, 0.2) is 0 Å². The molecule has 1 heterocycles. The highest BCUT2D eigenvalue weighted by molar-refractivity contribution is 5.91. The molecule has 1 atom stereocenters. The Hall–Kier alpha value is -3.94. The third kappa shape index (κ3) is 5.26. The summed E-state index contributed by atoms with van der Waals surface area (Å²) in [5, 5.41) is 16.4. The number of primary amides is 1. The maximum Gasteiger partial charge on any atom is 0.310 e. The lowest BCUT2D eigenvalue weighted by atomic mass is 9.59. The van der Waals surface area contributed by atoms with E-state index in [1.807, 2.05) is 36.4 Å². The fourth-order valence-corrected chi connectivity index (χ4v) is 4.54. The number of hydrogen-bond donors (Lipinski definition) is 4. The first-order valence-electron chi connectivity index (χ1n) is 11.7. The SMILES string of the molecule is CC(C)(C)Nc1cc(-c2ccccc2)nc(Nc2ccc(C(C(N)=O)C3(C(=O)O)CCC3)cc2)n1. The molecule has 8 heteroatoms. The number of aromatic nitrogens is 2. The van der Waals surface area contributed by atoms with E-state index in [0.717, 1.165) is 17.7 Å². The molecule has 1 aliphatic carbocycles. The quantitative estimate of drug-likeness (QED) is 0.365. The van der Waals surface area contributed by atoms with Gasteiger partial charge in [-0.1, -0.05) is 48.9 Å². The molecule has 1 aromatic heterocycles. The highest BCUT2D eigenvalue weighted by atomic mass is 16.4. The van der Waals surface area contributed by atoms with Gasteiger partial charge < -0.3 is 21.5 Å². The second-order valence-corrected chi connectivity index (χ2v) is 10.1. The average Bonchev–Trinajstić information content (AvgIpc) is 2.75. The summed E-state index contributed by atoms with van der Waals surface area (Å²) in [5.41, 5.74) is 7.39. The van der Waals surface area contributed by atoms with Crippen molar-refractivity contribution in [2.45, 2.75) is 51.5 Å². The molecule has 1 fully saturated rings. The van der Waals surface area contributed by atoms with Crippen LogP contribution in [0.5, 0.6) is 0 Å². The van der Waals surface area contributed by atoms with E-state index in [1.165, 1.54) is 0 Å². The van der Waals surface area contributed by atoms with Crippen LogP contribution in [0.2, 0.25) is 0 Å². The van der Waals surface area contributed by atoms with E-state index in [9.17, 15) is 14.7 Å². The van der Waals surface area contributed by atoms with E-state index in [1.54, 1.807) is 24.3 Å². The Morgan fingerprint density at radius 3 is 2.20 bits per heavy atom. The van der Waals surface area contributed by atoms with E-state index in [0.29, 0.717) is 35.9 Å². The fraction of sp³-hybridized carbons (Fsp3) is 0.333. The van der Waals surface area contributed by atoms with Gasteiger partial charge in [-0.15, -0.1) is 0 Å². The molecule has 8 nitrogen and oxygen atoms in total. The Morgan fingerprint density at radius 1 is 1.03 bits per heavy atom. The second-order valence-electron chi connectivity index (χ2n) is 10.1. The van der Waals surface area contributed by atoms with Crippen molar-refractivity contribution in [3.63, 3.8) is 0 Å². The summed E-state index contributed by atoms with van der Waals surface area (Å²) < 4.78 is 0. The van der Waals surface area contributed by atoms with Crippen LogP contribution in [0.25, 0.3) is 11.3 Å². The van der Waals surface area contributed by atoms with Crippen LogP contribution in [0.3, 0.4) is 0 Å². The Balaban J connectivity index is 1.63. The van der Waals surface area contributed by atoms with E-state index in [4.69, 9.17) is 5.73 Å². The van der Waals surface area contributed by atoms with Crippen LogP contribution in [-0.2, 0) is 9.59 Å². The van der Waals surface area contributed by atoms with Gasteiger partial charge in [0.05, 0.1) is 17.0 Å². The third-order valence-electron chi connectivity index (χ3n) is 6.31. The molecule has 0 bridgehead atoms. The number of nitrogens with two attached hydrogens (primary N) is 1. The monoisotopic (exact) mass is 473 g/mol. The summed E-state index contributed by atoms with van der Waals surface area (Å²) >= 11 is 0. The second kappa shape index (κ2) is 9.37. The van der Waals surface area contributed by atoms with Gasteiger partial charge in [0, 0.05) is 22.9 Å². The van der Waals surface area contributed by atoms with Gasteiger partial charge >= 0.3 is 5.97 Å². The molecule has 1 saturated carbocycles. The predicted octanol–water partition coefficient (Wildman–Crippen LogP) is 4.92. The third-order valence-corrected chi connectivity index (χ3v) is 6.31. The van der Waals surface area contributed by atoms with Crippen molar-refractivity contribution in [3.8, 4) is 11.3 Å². The molecule has 0 spiro atoms. The summed E-state index contributed by atoms with van der Waals surface area (Å²) in [7, 11) is 0. The Morgan fingerprint density at radius 2 is 1.69 bits per heavy atom. The minimum absolute atomic E-state index is 0.188. The summed E-state index contributed by atoms with van der Waals surface area (Å²) in [5.74, 6) is -1.36. The molecule has 4 rings (SSSR count). The average molecular weight is 474 g/mol. The number of carbonyl (C=O) groups excluding carboxylic acids is 1. The Labute approximate surface area is 205 Å². The van der Waals surface area contributed by atoms with Crippen LogP contribution in [0.15, 0.2) is 60.7 Å². The molecule has 0 radical (unpaired) electrons. The van der Waals surface area contributed by atoms with Gasteiger partial charge in [0.25, 0.3) is 0 Å². The minimum atomic E-state index is -1.12. The van der Waals surface area contributed by atoms with E-state index < -0.39 is 23.2 Å². The molecule has 2 aromatic carbocycles. The number of carboxylic acids is 1. The lowest BCUT2D eigenvalue weighted by Crippen LogP contribution is -2.48. The number of hydrogen-bond acceptors (Lipinski definition) is 6. The molecule has 35 heavy (non-hydrogen) atoms. The maximum absolute atomic E-state index is 12.3. The van der Waals surface area contributed by atoms with Gasteiger partial charge in [-0.05, 0) is 51.3 Å². The lowest BCUT2D eigenvalue weighted by molar-refractivity contribution is -0.159. The highest BCUT2D eigenvalue weighted by Crippen LogP contribution is 2.51. The first-order chi connectivity index (χ1) is 16.6. The fourth-order valence-electron chi connectivity index (χ4n) is 4.54. The first kappa shape index (κ1) is 24.2. The first-order valence-corrected chi connectivity index (χ1v) is 11.7. The normalized spacial score (nSPS) is 15.5. The standard InChI is InChI=1S/C27H31N5O3/c1-26(2,3)32-21-16-20(17-8-5-4-6-9-17)30-25(31-21)29-19-12-10-18(11-13-19)22(23(28)33)27(24(34)35)14-7-15-27/h4-6,8-13,16,22H,7,14-15H2,1-3H3,(H2,28,33)(H,34,35)(H2,29,30,31,32). The number of benzene rings is 2. The topological polar surface area (TPSA) is 130 Å². The largest absolute Gasteiger partial charge is 0.481 e. The predicted molar refractivity (Wildman–Crippen MR) is 136 cm³/mol. The molecule has 182 valence electrons. The maximum atomic E-state index is 12.3. The molecule has 1 amide bonds. The van der Waals surface area contributed by atoms with Crippen molar-refractivity contribution in [1.29, 1.82) is 0 Å². The van der Waals surface area contributed by atoms with Crippen molar-refractivity contribution in [3.05, 3.63) is 66.2 Å². The molecule has 3 aromatic rings. The van der Waals surface area contributed by atoms with E-state index >= 15 is 0 Å². The van der Waals surface area contributed by atoms with Crippen LogP contribution < -0.4 is 16.4 Å². The number of nitrogens with one attached hydrogen (secondary N) is 2. The smallest absolute Gasteiger partial charge is 0.310 e. The molecule has 0 aliphatic heterocycles. The van der Waals surface area contributed by atoms with Crippen molar-refractivity contribution in [2.75, 3.05) is 10.6 Å². The lowest BCUT2D eigenvalue weighted by Gasteiger charge is -2.42. The molecular formula is C27H31N5O3. The molecule has 5 N–H and O–H groups in total. The van der Waals surface area contributed by atoms with Gasteiger partial charge in [0.1, 0.15) is 5.82 Å². The van der Waals surface area contributed by atoms with Gasteiger partial charge in [-0.3, -0.25) is 9.59 Å². The number of nitrogens with zero attached hydrogens (tertiary/aromatic N) is 2. The summed E-state index contributed by atoms with van der Waals surface area (Å²) in [6, 6.07) is 18.8. The van der Waals surface area contributed by atoms with Crippen LogP contribution in [-0.4, -0.2) is 32.5 Å². The summed E-state index contributed by atoms with van der Waals surface area (Å²) in [6.45, 7) is 6.18.